The molecule has 1 unspecified atom stereocenters. The minimum atomic E-state index is -1.73. The van der Waals surface area contributed by atoms with Gasteiger partial charge in [0.2, 0.25) is 0 Å². The topological polar surface area (TPSA) is 91.7 Å². The average Bonchev–Trinajstić information content (AvgIpc) is 2.61. The summed E-state index contributed by atoms with van der Waals surface area (Å²) < 4.78 is 0. The van der Waals surface area contributed by atoms with Crippen molar-refractivity contribution in [3.8, 4) is 0 Å². The third-order valence-electron chi connectivity index (χ3n) is 4.32. The van der Waals surface area contributed by atoms with Gasteiger partial charge in [0, 0.05) is 22.9 Å². The molecule has 2 aromatic carbocycles. The van der Waals surface area contributed by atoms with Crippen molar-refractivity contribution in [3.63, 3.8) is 0 Å². The lowest BCUT2D eigenvalue weighted by molar-refractivity contribution is -0.155. The zero-order valence-electron chi connectivity index (χ0n) is 14.2. The monoisotopic (exact) mass is 374 g/mol. The van der Waals surface area contributed by atoms with Crippen LogP contribution in [0.25, 0.3) is 0 Å². The number of aryl methyl sites for hydroxylation is 1. The Labute approximate surface area is 156 Å². The zero-order valence-corrected chi connectivity index (χ0v) is 14.9. The highest BCUT2D eigenvalue weighted by atomic mass is 35.5. The van der Waals surface area contributed by atoms with Gasteiger partial charge >= 0.3 is 11.9 Å². The number of aliphatic carboxylic acids is 2. The summed E-state index contributed by atoms with van der Waals surface area (Å²) >= 11 is 5.85. The molecular weight excluding hydrogens is 356 g/mol. The molecule has 0 saturated heterocycles. The SMILES string of the molecule is CCc1ccc(C(=O)CC(c2ccc(Cl)cc2)C(C(=O)O)C(=O)O)cc1. The van der Waals surface area contributed by atoms with E-state index in [9.17, 15) is 24.6 Å². The van der Waals surface area contributed by atoms with E-state index in [2.05, 4.69) is 0 Å². The highest BCUT2D eigenvalue weighted by Gasteiger charge is 2.37. The van der Waals surface area contributed by atoms with Crippen LogP contribution in [0.4, 0.5) is 0 Å². The molecule has 0 spiro atoms. The Kier molecular flexibility index (Phi) is 6.52. The Bertz CT molecular complexity index is 782. The molecule has 0 aliphatic rings. The Hall–Kier alpha value is -2.66. The summed E-state index contributed by atoms with van der Waals surface area (Å²) in [6, 6.07) is 13.2. The van der Waals surface area contributed by atoms with Gasteiger partial charge in [-0.15, -0.1) is 0 Å². The molecule has 5 nitrogen and oxygen atoms in total. The Morgan fingerprint density at radius 3 is 1.92 bits per heavy atom. The van der Waals surface area contributed by atoms with Crippen LogP contribution in [0.3, 0.4) is 0 Å². The van der Waals surface area contributed by atoms with Crippen LogP contribution in [0, 0.1) is 5.92 Å². The summed E-state index contributed by atoms with van der Waals surface area (Å²) in [7, 11) is 0. The van der Waals surface area contributed by atoms with Crippen molar-refractivity contribution in [1.82, 2.24) is 0 Å². The summed E-state index contributed by atoms with van der Waals surface area (Å²) in [5.74, 6) is -5.99. The summed E-state index contributed by atoms with van der Waals surface area (Å²) in [5.41, 5.74) is 1.95. The van der Waals surface area contributed by atoms with Crippen molar-refractivity contribution in [2.75, 3.05) is 0 Å². The van der Waals surface area contributed by atoms with Gasteiger partial charge in [-0.3, -0.25) is 14.4 Å². The second-order valence-corrected chi connectivity index (χ2v) is 6.43. The maximum absolute atomic E-state index is 12.6. The van der Waals surface area contributed by atoms with Gasteiger partial charge in [-0.1, -0.05) is 54.9 Å². The number of Topliss-reactive ketones (excluding diaryl/α,β-unsaturated/α-hetero) is 1. The zero-order chi connectivity index (χ0) is 19.3. The molecule has 0 aromatic heterocycles. The molecular formula is C20H19ClO5. The number of carboxylic acid groups (broad SMARTS) is 2. The fourth-order valence-corrected chi connectivity index (χ4v) is 2.96. The van der Waals surface area contributed by atoms with Crippen LogP contribution in [-0.4, -0.2) is 27.9 Å². The van der Waals surface area contributed by atoms with E-state index in [-0.39, 0.29) is 12.2 Å². The number of carbonyl (C=O) groups is 3. The van der Waals surface area contributed by atoms with Crippen LogP contribution in [0.1, 0.15) is 40.7 Å². The van der Waals surface area contributed by atoms with Crippen molar-refractivity contribution in [2.45, 2.75) is 25.7 Å². The van der Waals surface area contributed by atoms with Crippen molar-refractivity contribution < 1.29 is 24.6 Å². The van der Waals surface area contributed by atoms with E-state index in [1.165, 1.54) is 0 Å². The number of rotatable bonds is 8. The molecule has 0 radical (unpaired) electrons. The molecule has 0 saturated carbocycles. The van der Waals surface area contributed by atoms with Crippen LogP contribution >= 0.6 is 11.6 Å². The molecule has 0 aliphatic heterocycles. The number of carboxylic acids is 2. The minimum absolute atomic E-state index is 0.226. The van der Waals surface area contributed by atoms with Gasteiger partial charge in [-0.2, -0.15) is 0 Å². The third kappa shape index (κ3) is 4.70. The largest absolute Gasteiger partial charge is 0.481 e. The van der Waals surface area contributed by atoms with Gasteiger partial charge in [0.05, 0.1) is 0 Å². The van der Waals surface area contributed by atoms with Crippen molar-refractivity contribution in [3.05, 3.63) is 70.2 Å². The number of carbonyl (C=O) groups excluding carboxylic acids is 1. The molecule has 2 N–H and O–H groups in total. The lowest BCUT2D eigenvalue weighted by Crippen LogP contribution is -2.31. The maximum atomic E-state index is 12.6. The number of benzene rings is 2. The fraction of sp³-hybridized carbons (Fsp3) is 0.250. The molecule has 0 bridgehead atoms. The maximum Gasteiger partial charge on any atom is 0.318 e. The van der Waals surface area contributed by atoms with E-state index in [0.717, 1.165) is 12.0 Å². The van der Waals surface area contributed by atoms with Gasteiger partial charge in [-0.25, -0.2) is 0 Å². The van der Waals surface area contributed by atoms with Gasteiger partial charge in [0.1, 0.15) is 0 Å². The fourth-order valence-electron chi connectivity index (χ4n) is 2.83. The van der Waals surface area contributed by atoms with E-state index in [1.807, 2.05) is 19.1 Å². The first-order chi connectivity index (χ1) is 12.3. The molecule has 0 heterocycles. The molecule has 2 rings (SSSR count). The van der Waals surface area contributed by atoms with E-state index >= 15 is 0 Å². The first-order valence-electron chi connectivity index (χ1n) is 8.16. The summed E-state index contributed by atoms with van der Waals surface area (Å²) in [6.45, 7) is 2.00. The number of hydrogen-bond donors (Lipinski definition) is 2. The van der Waals surface area contributed by atoms with E-state index < -0.39 is 23.8 Å². The first kappa shape index (κ1) is 19.7. The number of halogens is 1. The number of hydrogen-bond acceptors (Lipinski definition) is 3. The van der Waals surface area contributed by atoms with E-state index in [0.29, 0.717) is 16.1 Å². The molecule has 0 aliphatic carbocycles. The average molecular weight is 375 g/mol. The highest BCUT2D eigenvalue weighted by Crippen LogP contribution is 2.31. The normalized spacial score (nSPS) is 12.0. The lowest BCUT2D eigenvalue weighted by Gasteiger charge is -2.21. The third-order valence-corrected chi connectivity index (χ3v) is 4.57. The smallest absolute Gasteiger partial charge is 0.318 e. The first-order valence-corrected chi connectivity index (χ1v) is 8.54. The molecule has 136 valence electrons. The van der Waals surface area contributed by atoms with Gasteiger partial charge in [0.25, 0.3) is 0 Å². The minimum Gasteiger partial charge on any atom is -0.481 e. The Balaban J connectivity index is 2.36. The second kappa shape index (κ2) is 8.63. The molecule has 26 heavy (non-hydrogen) atoms. The standard InChI is InChI=1S/C20H19ClO5/c1-2-12-3-5-14(6-4-12)17(22)11-16(18(19(23)24)20(25)26)13-7-9-15(21)10-8-13/h3-10,16,18H,2,11H2,1H3,(H,23,24)(H,25,26). The van der Waals surface area contributed by atoms with Crippen LogP contribution in [-0.2, 0) is 16.0 Å². The summed E-state index contributed by atoms with van der Waals surface area (Å²) in [4.78, 5) is 35.6. The predicted octanol–water partition coefficient (Wildman–Crippen LogP) is 4.04. The van der Waals surface area contributed by atoms with Crippen LogP contribution in [0.5, 0.6) is 0 Å². The Morgan fingerprint density at radius 1 is 0.923 bits per heavy atom. The van der Waals surface area contributed by atoms with E-state index in [1.54, 1.807) is 36.4 Å². The lowest BCUT2D eigenvalue weighted by atomic mass is 9.81. The second-order valence-electron chi connectivity index (χ2n) is 5.99. The van der Waals surface area contributed by atoms with Crippen molar-refractivity contribution in [1.29, 1.82) is 0 Å². The summed E-state index contributed by atoms with van der Waals surface area (Å²) in [6.07, 6.45) is 0.609. The molecule has 0 amide bonds. The van der Waals surface area contributed by atoms with Gasteiger partial charge < -0.3 is 10.2 Å². The molecule has 2 aromatic rings. The van der Waals surface area contributed by atoms with Gasteiger partial charge in [-0.05, 0) is 29.7 Å². The Morgan fingerprint density at radius 2 is 1.46 bits per heavy atom. The van der Waals surface area contributed by atoms with Gasteiger partial charge in [0.15, 0.2) is 11.7 Å². The number of ketones is 1. The summed E-state index contributed by atoms with van der Waals surface area (Å²) in [5, 5.41) is 19.2. The van der Waals surface area contributed by atoms with Crippen molar-refractivity contribution in [2.24, 2.45) is 5.92 Å². The quantitative estimate of drug-likeness (QED) is 0.537. The van der Waals surface area contributed by atoms with Crippen LogP contribution < -0.4 is 0 Å². The highest BCUT2D eigenvalue weighted by molar-refractivity contribution is 6.30. The van der Waals surface area contributed by atoms with Crippen LogP contribution in [0.15, 0.2) is 48.5 Å². The van der Waals surface area contributed by atoms with Crippen LogP contribution in [0.2, 0.25) is 5.02 Å². The van der Waals surface area contributed by atoms with Crippen molar-refractivity contribution >= 4 is 29.3 Å². The van der Waals surface area contributed by atoms with E-state index in [4.69, 9.17) is 11.6 Å². The predicted molar refractivity (Wildman–Crippen MR) is 97.7 cm³/mol. The molecule has 6 heteroatoms. The molecule has 0 fully saturated rings. The molecule has 1 atom stereocenters.